The van der Waals surface area contributed by atoms with Crippen molar-refractivity contribution in [3.63, 3.8) is 0 Å². The summed E-state index contributed by atoms with van der Waals surface area (Å²) in [7, 11) is 0. The fourth-order valence-electron chi connectivity index (χ4n) is 4.94. The average Bonchev–Trinajstić information content (AvgIpc) is 3.57. The molecule has 1 aliphatic carbocycles. The van der Waals surface area contributed by atoms with Crippen LogP contribution in [0.2, 0.25) is 0 Å². The normalized spacial score (nSPS) is 14.7. The lowest BCUT2D eigenvalue weighted by molar-refractivity contribution is 0.489. The number of aliphatic imine (C=N–C) groups is 1. The van der Waals surface area contributed by atoms with E-state index in [0.29, 0.717) is 6.67 Å². The molecule has 0 amide bonds. The molecule has 1 saturated carbocycles. The molecule has 0 atom stereocenters. The fraction of sp³-hybridized carbons (Fsp3) is 0.379. The van der Waals surface area contributed by atoms with Crippen LogP contribution in [0, 0.1) is 12.8 Å². The minimum atomic E-state index is 0.522. The third-order valence-corrected chi connectivity index (χ3v) is 6.96. The highest BCUT2D eigenvalue weighted by atomic mass is 15.0. The molecule has 186 valence electrons. The van der Waals surface area contributed by atoms with Gasteiger partial charge in [0.25, 0.3) is 0 Å². The number of pyridine rings is 2. The van der Waals surface area contributed by atoms with E-state index < -0.39 is 0 Å². The van der Waals surface area contributed by atoms with Crippen molar-refractivity contribution in [1.82, 2.24) is 30.6 Å². The maximum Gasteiger partial charge on any atom is 0.157 e. The number of nitrogens with zero attached hydrogens (tertiary/aromatic N) is 4. The predicted octanol–water partition coefficient (Wildman–Crippen LogP) is 5.01. The van der Waals surface area contributed by atoms with Crippen LogP contribution in [0.3, 0.4) is 0 Å². The van der Waals surface area contributed by atoms with Crippen LogP contribution in [0.25, 0.3) is 22.2 Å². The number of aromatic nitrogens is 4. The monoisotopic (exact) mass is 481 g/mol. The van der Waals surface area contributed by atoms with Crippen molar-refractivity contribution in [3.05, 3.63) is 77.6 Å². The number of aryl methyl sites for hydroxylation is 1. The Morgan fingerprint density at radius 1 is 1.03 bits per heavy atom. The van der Waals surface area contributed by atoms with E-state index in [1.807, 2.05) is 18.5 Å². The molecule has 0 unspecified atom stereocenters. The summed E-state index contributed by atoms with van der Waals surface area (Å²) in [4.78, 5) is 21.9. The molecule has 1 fully saturated rings. The zero-order valence-corrected chi connectivity index (χ0v) is 21.2. The molecule has 7 heteroatoms. The highest BCUT2D eigenvalue weighted by molar-refractivity contribution is 6.13. The number of aromatic amines is 1. The van der Waals surface area contributed by atoms with Crippen LogP contribution in [0.4, 0.5) is 0 Å². The van der Waals surface area contributed by atoms with Crippen LogP contribution in [0.1, 0.15) is 55.1 Å². The van der Waals surface area contributed by atoms with E-state index >= 15 is 0 Å². The summed E-state index contributed by atoms with van der Waals surface area (Å²) in [6.07, 6.45) is 12.9. The Bertz CT molecular complexity index is 1300. The summed E-state index contributed by atoms with van der Waals surface area (Å²) in [5, 5.41) is 6.95. The molecule has 0 radical (unpaired) electrons. The lowest BCUT2D eigenvalue weighted by Gasteiger charge is -2.13. The van der Waals surface area contributed by atoms with Gasteiger partial charge in [-0.3, -0.25) is 20.3 Å². The molecule has 0 spiro atoms. The van der Waals surface area contributed by atoms with E-state index in [4.69, 9.17) is 9.98 Å². The Morgan fingerprint density at radius 3 is 2.75 bits per heavy atom. The molecular weight excluding hydrogens is 446 g/mol. The van der Waals surface area contributed by atoms with Gasteiger partial charge in [0.1, 0.15) is 5.71 Å². The zero-order valence-electron chi connectivity index (χ0n) is 21.2. The van der Waals surface area contributed by atoms with Crippen LogP contribution >= 0.6 is 0 Å². The Labute approximate surface area is 212 Å². The first-order chi connectivity index (χ1) is 17.7. The molecule has 36 heavy (non-hydrogen) atoms. The van der Waals surface area contributed by atoms with Gasteiger partial charge in [-0.2, -0.15) is 0 Å². The van der Waals surface area contributed by atoms with Crippen LogP contribution in [-0.2, 0) is 6.54 Å². The molecular formula is C29H35N7. The van der Waals surface area contributed by atoms with Gasteiger partial charge in [-0.05, 0) is 73.7 Å². The Morgan fingerprint density at radius 2 is 1.92 bits per heavy atom. The molecule has 3 aromatic heterocycles. The molecule has 5 rings (SSSR count). The van der Waals surface area contributed by atoms with Crippen LogP contribution in [0.5, 0.6) is 0 Å². The predicted molar refractivity (Wildman–Crippen MR) is 146 cm³/mol. The van der Waals surface area contributed by atoms with Crippen molar-refractivity contribution >= 4 is 16.7 Å². The van der Waals surface area contributed by atoms with Crippen molar-refractivity contribution < 1.29 is 0 Å². The second kappa shape index (κ2) is 11.5. The minimum Gasteiger partial charge on any atom is -0.335 e. The van der Waals surface area contributed by atoms with Crippen molar-refractivity contribution in [1.29, 1.82) is 0 Å². The van der Waals surface area contributed by atoms with Gasteiger partial charge in [-0.15, -0.1) is 0 Å². The molecule has 3 N–H and O–H groups in total. The number of hydrogen-bond donors (Lipinski definition) is 3. The van der Waals surface area contributed by atoms with Crippen LogP contribution in [-0.4, -0.2) is 45.4 Å². The first-order valence-corrected chi connectivity index (χ1v) is 13.0. The second-order valence-corrected chi connectivity index (χ2v) is 9.64. The molecule has 4 aromatic rings. The van der Waals surface area contributed by atoms with Gasteiger partial charge in [0.2, 0.25) is 0 Å². The molecule has 1 aliphatic rings. The number of fused-ring (bicyclic) bond motifs is 1. The largest absolute Gasteiger partial charge is 0.335 e. The number of rotatable bonds is 10. The third-order valence-electron chi connectivity index (χ3n) is 6.96. The van der Waals surface area contributed by atoms with E-state index in [1.165, 1.54) is 31.2 Å². The molecule has 0 aliphatic heterocycles. The minimum absolute atomic E-state index is 0.522. The average molecular weight is 482 g/mol. The van der Waals surface area contributed by atoms with E-state index in [0.717, 1.165) is 70.4 Å². The SMILES string of the molecule is CCNCN=C(c1nc2ccncc2[nH]1)c1cc(-c2cncc(CNCC3CCCC3)c2)ccc1C. The topological polar surface area (TPSA) is 90.9 Å². The summed E-state index contributed by atoms with van der Waals surface area (Å²) in [5.74, 6) is 1.58. The molecule has 0 bridgehead atoms. The third kappa shape index (κ3) is 5.69. The van der Waals surface area contributed by atoms with Crippen molar-refractivity contribution in [3.8, 4) is 11.1 Å². The van der Waals surface area contributed by atoms with Gasteiger partial charge < -0.3 is 10.3 Å². The fourth-order valence-corrected chi connectivity index (χ4v) is 4.94. The Balaban J connectivity index is 1.43. The Hall–Kier alpha value is -3.42. The number of hydrogen-bond acceptors (Lipinski definition) is 6. The van der Waals surface area contributed by atoms with Crippen molar-refractivity contribution in [2.45, 2.75) is 46.1 Å². The number of imidazole rings is 1. The molecule has 1 aromatic carbocycles. The Kier molecular flexibility index (Phi) is 7.79. The summed E-state index contributed by atoms with van der Waals surface area (Å²) < 4.78 is 0. The van der Waals surface area contributed by atoms with Gasteiger partial charge in [0.05, 0.1) is 23.9 Å². The second-order valence-electron chi connectivity index (χ2n) is 9.64. The smallest absolute Gasteiger partial charge is 0.157 e. The standard InChI is InChI=1S/C29H35N7/c1-3-30-19-34-28(29-35-26-10-11-31-18-27(26)36-29)25-13-23(9-8-20(25)2)24-12-22(16-33-17-24)15-32-14-21-6-4-5-7-21/h8-13,16-18,21,30,32H,3-7,14-15,19H2,1-2H3,(H,35,36). The molecule has 0 saturated heterocycles. The summed E-state index contributed by atoms with van der Waals surface area (Å²) >= 11 is 0. The van der Waals surface area contributed by atoms with E-state index in [1.54, 1.807) is 12.4 Å². The van der Waals surface area contributed by atoms with Gasteiger partial charge in [-0.1, -0.05) is 31.9 Å². The lowest BCUT2D eigenvalue weighted by Crippen LogP contribution is -2.20. The lowest BCUT2D eigenvalue weighted by atomic mass is 9.97. The summed E-state index contributed by atoms with van der Waals surface area (Å²) in [6, 6.07) is 10.7. The zero-order chi connectivity index (χ0) is 24.7. The van der Waals surface area contributed by atoms with E-state index in [9.17, 15) is 0 Å². The maximum atomic E-state index is 4.91. The van der Waals surface area contributed by atoms with Crippen molar-refractivity contribution in [2.75, 3.05) is 19.8 Å². The highest BCUT2D eigenvalue weighted by Crippen LogP contribution is 2.26. The maximum absolute atomic E-state index is 4.91. The van der Waals surface area contributed by atoms with E-state index in [-0.39, 0.29) is 0 Å². The number of benzene rings is 1. The van der Waals surface area contributed by atoms with Crippen molar-refractivity contribution in [2.24, 2.45) is 10.9 Å². The van der Waals surface area contributed by atoms with Gasteiger partial charge in [0, 0.05) is 36.3 Å². The first kappa shape index (κ1) is 24.3. The van der Waals surface area contributed by atoms with Gasteiger partial charge in [0.15, 0.2) is 5.82 Å². The number of nitrogens with one attached hydrogen (secondary N) is 3. The summed E-state index contributed by atoms with van der Waals surface area (Å²) in [5.41, 5.74) is 8.27. The quantitative estimate of drug-likeness (QED) is 0.219. The molecule has 3 heterocycles. The van der Waals surface area contributed by atoms with Crippen LogP contribution < -0.4 is 10.6 Å². The highest BCUT2D eigenvalue weighted by Gasteiger charge is 2.16. The van der Waals surface area contributed by atoms with Gasteiger partial charge >= 0.3 is 0 Å². The molecule has 7 nitrogen and oxygen atoms in total. The van der Waals surface area contributed by atoms with Crippen LogP contribution in [0.15, 0.2) is 60.1 Å². The van der Waals surface area contributed by atoms with Gasteiger partial charge in [-0.25, -0.2) is 4.98 Å². The summed E-state index contributed by atoms with van der Waals surface area (Å²) in [6.45, 7) is 7.52. The number of H-pyrrole nitrogens is 1. The first-order valence-electron chi connectivity index (χ1n) is 13.0. The van der Waals surface area contributed by atoms with E-state index in [2.05, 4.69) is 63.7 Å².